The molecular formula is C35H40FN5O3. The van der Waals surface area contributed by atoms with Gasteiger partial charge in [-0.2, -0.15) is 0 Å². The Balaban J connectivity index is 1.63. The van der Waals surface area contributed by atoms with Crippen LogP contribution in [0.25, 0.3) is 27.7 Å². The van der Waals surface area contributed by atoms with Crippen molar-refractivity contribution in [3.05, 3.63) is 94.8 Å². The van der Waals surface area contributed by atoms with Crippen molar-refractivity contribution < 1.29 is 13.9 Å². The summed E-state index contributed by atoms with van der Waals surface area (Å²) in [5.74, 6) is -0.374. The van der Waals surface area contributed by atoms with Crippen LogP contribution < -0.4 is 26.5 Å². The molecule has 0 unspecified atom stereocenters. The number of anilines is 1. The number of nitrogens with two attached hydrogens (primary N) is 1. The van der Waals surface area contributed by atoms with Crippen LogP contribution in [0, 0.1) is 5.82 Å². The monoisotopic (exact) mass is 597 g/mol. The molecule has 1 amide bonds. The first-order valence-corrected chi connectivity index (χ1v) is 15.3. The van der Waals surface area contributed by atoms with Crippen LogP contribution in [0.5, 0.6) is 11.5 Å². The van der Waals surface area contributed by atoms with Gasteiger partial charge in [-0.3, -0.25) is 9.59 Å². The molecule has 9 heteroatoms. The number of amides is 1. The molecule has 0 saturated heterocycles. The molecule has 5 rings (SSSR count). The summed E-state index contributed by atoms with van der Waals surface area (Å²) in [7, 11) is 1.91. The molecule has 8 nitrogen and oxygen atoms in total. The summed E-state index contributed by atoms with van der Waals surface area (Å²) in [6, 6.07) is 16.8. The second-order valence-corrected chi connectivity index (χ2v) is 11.2. The molecule has 0 atom stereocenters. The minimum absolute atomic E-state index is 0.0327. The summed E-state index contributed by atoms with van der Waals surface area (Å²) in [6.07, 6.45) is 8.95. The fourth-order valence-electron chi connectivity index (χ4n) is 5.77. The largest absolute Gasteiger partial charge is 0.451 e. The van der Waals surface area contributed by atoms with Gasteiger partial charge in [-0.25, -0.2) is 4.39 Å². The maximum absolute atomic E-state index is 15.8. The SMILES string of the molecule is CCCC(CCC)NC(=O)c1cn2c3c(c(NCCCN(C)/C=C\N)c(F)cc3c1=O)Oc1ccc(-c3ccccc3)cc1-2. The minimum Gasteiger partial charge on any atom is -0.451 e. The second-order valence-electron chi connectivity index (χ2n) is 11.2. The highest BCUT2D eigenvalue weighted by atomic mass is 19.1. The second kappa shape index (κ2) is 13.7. The van der Waals surface area contributed by atoms with Crippen molar-refractivity contribution in [2.75, 3.05) is 25.5 Å². The number of aromatic nitrogens is 1. The number of carbonyl (C=O) groups is 1. The van der Waals surface area contributed by atoms with Crippen LogP contribution in [0.3, 0.4) is 0 Å². The Morgan fingerprint density at radius 1 is 1.09 bits per heavy atom. The molecule has 0 fully saturated rings. The van der Waals surface area contributed by atoms with Crippen LogP contribution in [0.4, 0.5) is 10.1 Å². The first kappa shape index (κ1) is 30.7. The Bertz CT molecular complexity index is 1730. The van der Waals surface area contributed by atoms with Gasteiger partial charge in [0.25, 0.3) is 5.91 Å². The Labute approximate surface area is 257 Å². The highest BCUT2D eigenvalue weighted by Gasteiger charge is 2.29. The lowest BCUT2D eigenvalue weighted by atomic mass is 10.0. The van der Waals surface area contributed by atoms with E-state index in [-0.39, 0.29) is 28.4 Å². The van der Waals surface area contributed by atoms with Gasteiger partial charge in [0.2, 0.25) is 5.43 Å². The zero-order chi connectivity index (χ0) is 31.2. The van der Waals surface area contributed by atoms with E-state index in [0.717, 1.165) is 36.8 Å². The smallest absolute Gasteiger partial charge is 0.257 e. The molecule has 3 aromatic carbocycles. The lowest BCUT2D eigenvalue weighted by Crippen LogP contribution is -2.37. The van der Waals surface area contributed by atoms with E-state index in [1.165, 1.54) is 12.3 Å². The van der Waals surface area contributed by atoms with Gasteiger partial charge in [-0.15, -0.1) is 0 Å². The number of rotatable bonds is 13. The summed E-state index contributed by atoms with van der Waals surface area (Å²) in [5.41, 5.74) is 8.09. The quantitative estimate of drug-likeness (QED) is 0.130. The number of carbonyl (C=O) groups excluding carboxylic acids is 1. The molecule has 1 aliphatic heterocycles. The third-order valence-electron chi connectivity index (χ3n) is 7.92. The van der Waals surface area contributed by atoms with Crippen LogP contribution in [-0.4, -0.2) is 41.6 Å². The molecule has 0 saturated carbocycles. The van der Waals surface area contributed by atoms with E-state index in [1.807, 2.05) is 60.5 Å². The third kappa shape index (κ3) is 6.27. The zero-order valence-corrected chi connectivity index (χ0v) is 25.5. The molecule has 0 bridgehead atoms. The van der Waals surface area contributed by atoms with Gasteiger partial charge >= 0.3 is 0 Å². The van der Waals surface area contributed by atoms with Gasteiger partial charge in [0, 0.05) is 44.8 Å². The van der Waals surface area contributed by atoms with E-state index in [0.29, 0.717) is 36.5 Å². The van der Waals surface area contributed by atoms with Crippen molar-refractivity contribution in [2.45, 2.75) is 52.0 Å². The van der Waals surface area contributed by atoms with Crippen molar-refractivity contribution in [3.8, 4) is 28.3 Å². The Hall–Kier alpha value is -4.79. The first-order chi connectivity index (χ1) is 21.4. The number of ether oxygens (including phenoxy) is 1. The van der Waals surface area contributed by atoms with Crippen LogP contribution >= 0.6 is 0 Å². The average molecular weight is 598 g/mol. The topological polar surface area (TPSA) is 102 Å². The van der Waals surface area contributed by atoms with Crippen molar-refractivity contribution in [2.24, 2.45) is 5.73 Å². The summed E-state index contributed by atoms with van der Waals surface area (Å²) in [6.45, 7) is 5.30. The molecule has 2 heterocycles. The number of pyridine rings is 1. The molecule has 0 aliphatic carbocycles. The molecule has 4 N–H and O–H groups in total. The number of nitrogens with zero attached hydrogens (tertiary/aromatic N) is 2. The van der Waals surface area contributed by atoms with E-state index >= 15 is 4.39 Å². The summed E-state index contributed by atoms with van der Waals surface area (Å²) in [4.78, 5) is 29.4. The Morgan fingerprint density at radius 2 is 1.84 bits per heavy atom. The van der Waals surface area contributed by atoms with Crippen molar-refractivity contribution in [1.82, 2.24) is 14.8 Å². The zero-order valence-electron chi connectivity index (χ0n) is 25.5. The highest BCUT2D eigenvalue weighted by molar-refractivity contribution is 6.01. The summed E-state index contributed by atoms with van der Waals surface area (Å²) < 4.78 is 23.9. The lowest BCUT2D eigenvalue weighted by Gasteiger charge is -2.27. The number of nitrogens with one attached hydrogen (secondary N) is 2. The predicted molar refractivity (Wildman–Crippen MR) is 175 cm³/mol. The molecule has 1 aliphatic rings. The maximum atomic E-state index is 15.8. The van der Waals surface area contributed by atoms with Crippen LogP contribution in [-0.2, 0) is 0 Å². The number of hydrogen-bond acceptors (Lipinski definition) is 6. The van der Waals surface area contributed by atoms with E-state index in [9.17, 15) is 9.59 Å². The fraction of sp³-hybridized carbons (Fsp3) is 0.314. The molecule has 44 heavy (non-hydrogen) atoms. The van der Waals surface area contributed by atoms with Gasteiger partial charge in [-0.1, -0.05) is 63.1 Å². The van der Waals surface area contributed by atoms with Crippen molar-refractivity contribution >= 4 is 22.5 Å². The number of halogens is 1. The molecule has 4 aromatic rings. The summed E-state index contributed by atoms with van der Waals surface area (Å²) in [5, 5.41) is 6.33. The maximum Gasteiger partial charge on any atom is 0.257 e. The predicted octanol–water partition coefficient (Wildman–Crippen LogP) is 6.76. The van der Waals surface area contributed by atoms with Crippen LogP contribution in [0.15, 0.2) is 78.0 Å². The molecular weight excluding hydrogens is 557 g/mol. The number of benzene rings is 3. The van der Waals surface area contributed by atoms with Crippen LogP contribution in [0.2, 0.25) is 0 Å². The molecule has 0 spiro atoms. The normalized spacial score (nSPS) is 11.9. The van der Waals surface area contributed by atoms with Gasteiger partial charge < -0.3 is 30.6 Å². The Kier molecular flexibility index (Phi) is 9.53. The molecule has 230 valence electrons. The minimum atomic E-state index is -0.622. The third-order valence-corrected chi connectivity index (χ3v) is 7.92. The number of fused-ring (bicyclic) bond motifs is 2. The van der Waals surface area contributed by atoms with E-state index in [1.54, 1.807) is 17.0 Å². The lowest BCUT2D eigenvalue weighted by molar-refractivity contribution is 0.0931. The Morgan fingerprint density at radius 3 is 2.55 bits per heavy atom. The van der Waals surface area contributed by atoms with Crippen molar-refractivity contribution in [3.63, 3.8) is 0 Å². The van der Waals surface area contributed by atoms with Gasteiger partial charge in [0.1, 0.15) is 16.8 Å². The van der Waals surface area contributed by atoms with Gasteiger partial charge in [0.15, 0.2) is 17.3 Å². The van der Waals surface area contributed by atoms with Gasteiger partial charge in [0.05, 0.1) is 11.1 Å². The van der Waals surface area contributed by atoms with E-state index < -0.39 is 17.2 Å². The van der Waals surface area contributed by atoms with E-state index in [4.69, 9.17) is 10.5 Å². The standard InChI is InChI=1S/C35H40FN5O3/c1-4-10-25(11-5-2)39-35(43)27-22-41-29-20-24(23-12-7-6-8-13-23)14-15-30(29)44-34-31(38-17-9-18-40(3)19-16-37)28(36)21-26(32(34)41)33(27)42/h6-8,12-16,19-22,25,38H,4-5,9-11,17-18,37H2,1-3H3,(H,39,43)/b19-16-. The highest BCUT2D eigenvalue weighted by Crippen LogP contribution is 2.46. The van der Waals surface area contributed by atoms with E-state index in [2.05, 4.69) is 24.5 Å². The number of hydrogen-bond donors (Lipinski definition) is 3. The average Bonchev–Trinajstić information content (AvgIpc) is 3.02. The molecule has 0 radical (unpaired) electrons. The summed E-state index contributed by atoms with van der Waals surface area (Å²) >= 11 is 0. The fourth-order valence-corrected chi connectivity index (χ4v) is 5.77. The van der Waals surface area contributed by atoms with Crippen LogP contribution in [0.1, 0.15) is 56.3 Å². The van der Waals surface area contributed by atoms with Gasteiger partial charge in [-0.05, 0) is 48.6 Å². The van der Waals surface area contributed by atoms with Crippen molar-refractivity contribution in [1.29, 1.82) is 0 Å². The molecule has 1 aromatic heterocycles. The first-order valence-electron chi connectivity index (χ1n) is 15.3.